The number of piperidine rings is 1. The van der Waals surface area contributed by atoms with Gasteiger partial charge in [-0.2, -0.15) is 0 Å². The van der Waals surface area contributed by atoms with Crippen LogP contribution in [-0.4, -0.2) is 55.7 Å². The van der Waals surface area contributed by atoms with Gasteiger partial charge >= 0.3 is 6.09 Å². The van der Waals surface area contributed by atoms with Crippen LogP contribution in [0.25, 0.3) is 0 Å². The van der Waals surface area contributed by atoms with E-state index < -0.39 is 0 Å². The molecule has 2 aliphatic rings. The van der Waals surface area contributed by atoms with Crippen molar-refractivity contribution >= 4 is 17.7 Å². The second-order valence-corrected chi connectivity index (χ2v) is 6.94. The summed E-state index contributed by atoms with van der Waals surface area (Å²) in [5, 5.41) is 3.48. The molecule has 0 radical (unpaired) electrons. The molecule has 0 atom stereocenters. The van der Waals surface area contributed by atoms with Crippen molar-refractivity contribution in [1.29, 1.82) is 0 Å². The lowest BCUT2D eigenvalue weighted by atomic mass is 10.0. The molecule has 2 aliphatic heterocycles. The zero-order valence-electron chi connectivity index (χ0n) is 15.6. The Kier molecular flexibility index (Phi) is 6.50. The van der Waals surface area contributed by atoms with E-state index in [1.54, 1.807) is 4.90 Å². The van der Waals surface area contributed by atoms with Crippen LogP contribution in [0.2, 0.25) is 0 Å². The number of hydrogen-bond acceptors (Lipinski definition) is 4. The van der Waals surface area contributed by atoms with Crippen molar-refractivity contribution in [1.82, 2.24) is 10.2 Å². The van der Waals surface area contributed by atoms with Gasteiger partial charge in [0.1, 0.15) is 0 Å². The molecule has 0 spiro atoms. The number of hydrogen-bond donors (Lipinski definition) is 1. The maximum Gasteiger partial charge on any atom is 0.409 e. The molecule has 6 nitrogen and oxygen atoms in total. The molecular weight excluding hydrogens is 330 g/mol. The summed E-state index contributed by atoms with van der Waals surface area (Å²) in [4.78, 5) is 28.0. The van der Waals surface area contributed by atoms with E-state index in [1.807, 2.05) is 30.0 Å². The molecule has 1 aromatic carbocycles. The fraction of sp³-hybridized carbons (Fsp3) is 0.600. The minimum absolute atomic E-state index is 0.189. The van der Waals surface area contributed by atoms with Crippen LogP contribution in [0.4, 0.5) is 10.5 Å². The Labute approximate surface area is 155 Å². The highest BCUT2D eigenvalue weighted by Crippen LogP contribution is 2.27. The molecule has 1 fully saturated rings. The van der Waals surface area contributed by atoms with Crippen molar-refractivity contribution in [3.05, 3.63) is 29.8 Å². The highest BCUT2D eigenvalue weighted by Gasteiger charge is 2.24. The minimum Gasteiger partial charge on any atom is -0.450 e. The van der Waals surface area contributed by atoms with Gasteiger partial charge < -0.3 is 19.9 Å². The number of para-hydroxylation sites is 1. The maximum absolute atomic E-state index is 12.6. The molecular formula is C20H29N3O3. The number of carbonyl (C=O) groups is 2. The van der Waals surface area contributed by atoms with Crippen molar-refractivity contribution in [3.63, 3.8) is 0 Å². The first kappa shape index (κ1) is 18.7. The van der Waals surface area contributed by atoms with Gasteiger partial charge in [-0.25, -0.2) is 4.79 Å². The van der Waals surface area contributed by atoms with Crippen molar-refractivity contribution < 1.29 is 14.3 Å². The van der Waals surface area contributed by atoms with E-state index >= 15 is 0 Å². The summed E-state index contributed by atoms with van der Waals surface area (Å²) >= 11 is 0. The van der Waals surface area contributed by atoms with Gasteiger partial charge in [-0.3, -0.25) is 4.79 Å². The fourth-order valence-electron chi connectivity index (χ4n) is 3.79. The van der Waals surface area contributed by atoms with E-state index in [-0.39, 0.29) is 12.0 Å². The van der Waals surface area contributed by atoms with Gasteiger partial charge in [0.2, 0.25) is 5.91 Å². The summed E-state index contributed by atoms with van der Waals surface area (Å²) in [6.45, 7) is 5.16. The smallest absolute Gasteiger partial charge is 0.409 e. The molecule has 0 aliphatic carbocycles. The second kappa shape index (κ2) is 9.03. The number of amides is 2. The molecule has 0 saturated carbocycles. The monoisotopic (exact) mass is 359 g/mol. The first-order valence-corrected chi connectivity index (χ1v) is 9.72. The molecule has 1 saturated heterocycles. The van der Waals surface area contributed by atoms with Crippen LogP contribution in [0.3, 0.4) is 0 Å². The van der Waals surface area contributed by atoms with Crippen LogP contribution >= 0.6 is 0 Å². The van der Waals surface area contributed by atoms with E-state index in [4.69, 9.17) is 4.74 Å². The summed E-state index contributed by atoms with van der Waals surface area (Å²) < 4.78 is 5.04. The van der Waals surface area contributed by atoms with Gasteiger partial charge in [-0.05, 0) is 44.2 Å². The highest BCUT2D eigenvalue weighted by atomic mass is 16.6. The summed E-state index contributed by atoms with van der Waals surface area (Å²) in [5.41, 5.74) is 2.35. The summed E-state index contributed by atoms with van der Waals surface area (Å²) in [7, 11) is 0. The third-order valence-corrected chi connectivity index (χ3v) is 5.20. The molecule has 26 heavy (non-hydrogen) atoms. The topological polar surface area (TPSA) is 61.9 Å². The lowest BCUT2D eigenvalue weighted by Crippen LogP contribution is -2.46. The van der Waals surface area contributed by atoms with Gasteiger partial charge in [0.25, 0.3) is 0 Å². The van der Waals surface area contributed by atoms with E-state index in [0.29, 0.717) is 38.7 Å². The SMILES string of the molecule is CCOC(=O)N1CCC(NCCC(=O)N2CCCc3ccccc32)CC1. The number of anilines is 1. The summed E-state index contributed by atoms with van der Waals surface area (Å²) in [6, 6.07) is 8.56. The van der Waals surface area contributed by atoms with Gasteiger partial charge in [0, 0.05) is 44.3 Å². The van der Waals surface area contributed by atoms with Crippen LogP contribution in [0.15, 0.2) is 24.3 Å². The molecule has 0 unspecified atom stereocenters. The molecule has 1 N–H and O–H groups in total. The number of aryl methyl sites for hydroxylation is 1. The predicted molar refractivity (Wildman–Crippen MR) is 101 cm³/mol. The Hall–Kier alpha value is -2.08. The van der Waals surface area contributed by atoms with E-state index in [1.165, 1.54) is 5.56 Å². The van der Waals surface area contributed by atoms with Crippen LogP contribution in [0.1, 0.15) is 38.2 Å². The third-order valence-electron chi connectivity index (χ3n) is 5.20. The predicted octanol–water partition coefficient (Wildman–Crippen LogP) is 2.57. The maximum atomic E-state index is 12.6. The number of ether oxygens (including phenoxy) is 1. The number of likely N-dealkylation sites (tertiary alicyclic amines) is 1. The van der Waals surface area contributed by atoms with E-state index in [2.05, 4.69) is 11.4 Å². The Morgan fingerprint density at radius 3 is 2.73 bits per heavy atom. The normalized spacial score (nSPS) is 17.7. The first-order chi connectivity index (χ1) is 12.7. The number of carbonyl (C=O) groups excluding carboxylic acids is 2. The molecule has 0 aromatic heterocycles. The van der Waals surface area contributed by atoms with Gasteiger partial charge in [-0.1, -0.05) is 18.2 Å². The summed E-state index contributed by atoms with van der Waals surface area (Å²) in [5.74, 6) is 0.189. The Morgan fingerprint density at radius 2 is 1.96 bits per heavy atom. The average Bonchev–Trinajstić information content (AvgIpc) is 2.68. The first-order valence-electron chi connectivity index (χ1n) is 9.72. The molecule has 6 heteroatoms. The van der Waals surface area contributed by atoms with E-state index in [0.717, 1.165) is 37.9 Å². The highest BCUT2D eigenvalue weighted by molar-refractivity contribution is 5.94. The van der Waals surface area contributed by atoms with Gasteiger partial charge in [-0.15, -0.1) is 0 Å². The molecule has 2 heterocycles. The van der Waals surface area contributed by atoms with Crippen molar-refractivity contribution in [2.75, 3.05) is 37.7 Å². The van der Waals surface area contributed by atoms with Crippen molar-refractivity contribution in [3.8, 4) is 0 Å². The number of benzene rings is 1. The standard InChI is InChI=1S/C20H29N3O3/c1-2-26-20(25)22-14-10-17(11-15-22)21-12-9-19(24)23-13-5-7-16-6-3-4-8-18(16)23/h3-4,6,8,17,21H,2,5,7,9-15H2,1H3. The number of rotatable bonds is 5. The molecule has 2 amide bonds. The van der Waals surface area contributed by atoms with Crippen LogP contribution < -0.4 is 10.2 Å². The van der Waals surface area contributed by atoms with Crippen molar-refractivity contribution in [2.24, 2.45) is 0 Å². The Morgan fingerprint density at radius 1 is 1.19 bits per heavy atom. The van der Waals surface area contributed by atoms with Gasteiger partial charge in [0.05, 0.1) is 6.61 Å². The fourth-order valence-corrected chi connectivity index (χ4v) is 3.79. The minimum atomic E-state index is -0.218. The zero-order chi connectivity index (χ0) is 18.4. The second-order valence-electron chi connectivity index (χ2n) is 6.94. The van der Waals surface area contributed by atoms with Gasteiger partial charge in [0.15, 0.2) is 0 Å². The third kappa shape index (κ3) is 4.55. The molecule has 0 bridgehead atoms. The molecule has 3 rings (SSSR count). The number of fused-ring (bicyclic) bond motifs is 1. The zero-order valence-corrected chi connectivity index (χ0v) is 15.6. The van der Waals surface area contributed by atoms with Crippen LogP contribution in [0.5, 0.6) is 0 Å². The average molecular weight is 359 g/mol. The van der Waals surface area contributed by atoms with Crippen molar-refractivity contribution in [2.45, 2.75) is 45.1 Å². The number of nitrogens with zero attached hydrogens (tertiary/aromatic N) is 2. The molecule has 1 aromatic rings. The number of nitrogens with one attached hydrogen (secondary N) is 1. The summed E-state index contributed by atoms with van der Waals surface area (Å²) in [6.07, 6.45) is 4.18. The molecule has 142 valence electrons. The van der Waals surface area contributed by atoms with E-state index in [9.17, 15) is 9.59 Å². The van der Waals surface area contributed by atoms with Crippen LogP contribution in [-0.2, 0) is 16.0 Å². The Bertz CT molecular complexity index is 626. The largest absolute Gasteiger partial charge is 0.450 e. The Balaban J connectivity index is 1.41. The lowest BCUT2D eigenvalue weighted by Gasteiger charge is -2.32. The lowest BCUT2D eigenvalue weighted by molar-refractivity contribution is -0.118. The quantitative estimate of drug-likeness (QED) is 0.878. The van der Waals surface area contributed by atoms with Crippen LogP contribution in [0, 0.1) is 0 Å².